The van der Waals surface area contributed by atoms with Crippen molar-refractivity contribution in [1.82, 2.24) is 9.97 Å². The van der Waals surface area contributed by atoms with Gasteiger partial charge in [0.15, 0.2) is 0 Å². The summed E-state index contributed by atoms with van der Waals surface area (Å²) < 4.78 is 0. The van der Waals surface area contributed by atoms with Gasteiger partial charge in [-0.2, -0.15) is 0 Å². The molecule has 34 heavy (non-hydrogen) atoms. The average Bonchev–Trinajstić information content (AvgIpc) is 3.36. The number of fused-ring (bicyclic) bond motifs is 2. The molecule has 2 heterocycles. The number of aryl methyl sites for hydroxylation is 3. The summed E-state index contributed by atoms with van der Waals surface area (Å²) in [5.41, 5.74) is 9.10. The zero-order valence-corrected chi connectivity index (χ0v) is 20.2. The molecule has 5 heteroatoms. The second-order valence-corrected chi connectivity index (χ2v) is 9.84. The quantitative estimate of drug-likeness (QED) is 0.276. The Balaban J connectivity index is 1.26. The van der Waals surface area contributed by atoms with Crippen molar-refractivity contribution in [3.63, 3.8) is 0 Å². The van der Waals surface area contributed by atoms with Crippen molar-refractivity contribution in [1.29, 1.82) is 0 Å². The van der Waals surface area contributed by atoms with Gasteiger partial charge in [-0.1, -0.05) is 24.3 Å². The first-order valence-electron chi connectivity index (χ1n) is 12.2. The Labute approximate surface area is 200 Å². The normalized spacial score (nSPS) is 18.3. The second kappa shape index (κ2) is 8.90. The van der Waals surface area contributed by atoms with Crippen LogP contribution in [0.25, 0.3) is 10.9 Å². The van der Waals surface area contributed by atoms with Crippen LogP contribution in [0.5, 0.6) is 0 Å². The van der Waals surface area contributed by atoms with Gasteiger partial charge in [0, 0.05) is 40.3 Å². The van der Waals surface area contributed by atoms with E-state index in [9.17, 15) is 10.2 Å². The van der Waals surface area contributed by atoms with E-state index in [1.807, 2.05) is 32.0 Å². The molecule has 0 bridgehead atoms. The van der Waals surface area contributed by atoms with Crippen LogP contribution >= 0.6 is 0 Å². The Morgan fingerprint density at radius 1 is 1.15 bits per heavy atom. The molecule has 5 nitrogen and oxygen atoms in total. The minimum absolute atomic E-state index is 0.480. The van der Waals surface area contributed by atoms with Gasteiger partial charge in [-0.25, -0.2) is 0 Å². The van der Waals surface area contributed by atoms with Crippen LogP contribution in [0.3, 0.4) is 0 Å². The van der Waals surface area contributed by atoms with Crippen LogP contribution in [0.15, 0.2) is 54.9 Å². The van der Waals surface area contributed by atoms with E-state index in [1.165, 1.54) is 22.1 Å². The van der Waals surface area contributed by atoms with Crippen molar-refractivity contribution < 1.29 is 10.2 Å². The van der Waals surface area contributed by atoms with E-state index in [4.69, 9.17) is 0 Å². The minimum atomic E-state index is -0.838. The van der Waals surface area contributed by atoms with Gasteiger partial charge in [0.1, 0.15) is 5.60 Å². The number of aromatic amines is 1. The molecular formula is C29H33N3O2. The summed E-state index contributed by atoms with van der Waals surface area (Å²) in [7, 11) is 0. The van der Waals surface area contributed by atoms with Gasteiger partial charge in [-0.15, -0.1) is 0 Å². The molecule has 2 aromatic carbocycles. The molecule has 0 aliphatic heterocycles. The molecule has 1 aliphatic rings. The molecule has 5 rings (SSSR count). The maximum Gasteiger partial charge on any atom is 0.104 e. The van der Waals surface area contributed by atoms with E-state index < -0.39 is 11.7 Å². The number of aliphatic hydroxyl groups is 2. The number of nitrogens with zero attached hydrogens (tertiary/aromatic N) is 1. The maximum atomic E-state index is 10.6. The van der Waals surface area contributed by atoms with Gasteiger partial charge in [0.2, 0.25) is 0 Å². The molecule has 0 saturated carbocycles. The topological polar surface area (TPSA) is 81.2 Å². The number of H-pyrrole nitrogens is 1. The molecule has 2 unspecified atom stereocenters. The van der Waals surface area contributed by atoms with Crippen molar-refractivity contribution >= 4 is 22.3 Å². The third-order valence-corrected chi connectivity index (χ3v) is 7.23. The number of aromatic nitrogens is 2. The summed E-state index contributed by atoms with van der Waals surface area (Å²) in [6, 6.07) is 14.7. The molecule has 2 atom stereocenters. The number of hydrogen-bond donors (Lipinski definition) is 4. The molecule has 1 aliphatic carbocycles. The number of benzene rings is 2. The number of pyridine rings is 1. The highest BCUT2D eigenvalue weighted by molar-refractivity contribution is 5.86. The Bertz CT molecular complexity index is 1340. The summed E-state index contributed by atoms with van der Waals surface area (Å²) in [6.07, 6.45) is 8.00. The standard InChI is InChI=1S/C29H33N3O2/c1-18-16-22(32-26-13-15-30-28-25(26)12-14-29(28,3)34)11-10-20(18)6-4-7-21-17-31-27-23(19(2)33)8-5-9-24(21)27/h5,8-11,13,15-17,19,31,33-34H,4,6-7,12,14H2,1-3H3,(H,30,32). The second-order valence-electron chi connectivity index (χ2n) is 9.84. The number of aliphatic hydroxyl groups excluding tert-OH is 1. The van der Waals surface area contributed by atoms with Gasteiger partial charge in [-0.05, 0) is 87.8 Å². The predicted octanol–water partition coefficient (Wildman–Crippen LogP) is 6.00. The highest BCUT2D eigenvalue weighted by Gasteiger charge is 2.34. The Morgan fingerprint density at radius 3 is 2.76 bits per heavy atom. The van der Waals surface area contributed by atoms with Gasteiger partial charge >= 0.3 is 0 Å². The third-order valence-electron chi connectivity index (χ3n) is 7.23. The molecule has 0 amide bonds. The van der Waals surface area contributed by atoms with Gasteiger partial charge in [0.05, 0.1) is 17.3 Å². The first-order valence-corrected chi connectivity index (χ1v) is 12.2. The van der Waals surface area contributed by atoms with Crippen LogP contribution in [0, 0.1) is 6.92 Å². The van der Waals surface area contributed by atoms with Crippen molar-refractivity contribution in [3.05, 3.63) is 88.4 Å². The lowest BCUT2D eigenvalue weighted by atomic mass is 9.99. The number of rotatable bonds is 7. The lowest BCUT2D eigenvalue weighted by molar-refractivity contribution is 0.0554. The molecule has 0 saturated heterocycles. The summed E-state index contributed by atoms with van der Waals surface area (Å²) in [5, 5.41) is 25.3. The summed E-state index contributed by atoms with van der Waals surface area (Å²) in [4.78, 5) is 7.79. The monoisotopic (exact) mass is 455 g/mol. The molecule has 176 valence electrons. The number of hydrogen-bond acceptors (Lipinski definition) is 4. The van der Waals surface area contributed by atoms with E-state index in [2.05, 4.69) is 52.7 Å². The highest BCUT2D eigenvalue weighted by atomic mass is 16.3. The van der Waals surface area contributed by atoms with Gasteiger partial charge in [0.25, 0.3) is 0 Å². The van der Waals surface area contributed by atoms with Crippen molar-refractivity contribution in [2.45, 2.75) is 64.6 Å². The Kier molecular flexibility index (Phi) is 5.92. The van der Waals surface area contributed by atoms with Crippen LogP contribution in [0.4, 0.5) is 11.4 Å². The molecule has 4 N–H and O–H groups in total. The lowest BCUT2D eigenvalue weighted by Crippen LogP contribution is -2.18. The molecular weight excluding hydrogens is 422 g/mol. The van der Waals surface area contributed by atoms with Crippen molar-refractivity contribution in [3.8, 4) is 0 Å². The average molecular weight is 456 g/mol. The maximum absolute atomic E-state index is 10.6. The molecule has 0 fully saturated rings. The largest absolute Gasteiger partial charge is 0.389 e. The van der Waals surface area contributed by atoms with Crippen LogP contribution in [-0.2, 0) is 24.9 Å². The van der Waals surface area contributed by atoms with E-state index in [1.54, 1.807) is 6.20 Å². The number of anilines is 2. The molecule has 0 spiro atoms. The molecule has 2 aromatic heterocycles. The van der Waals surface area contributed by atoms with E-state index in [0.29, 0.717) is 6.42 Å². The first-order chi connectivity index (χ1) is 16.3. The van der Waals surface area contributed by atoms with E-state index in [-0.39, 0.29) is 0 Å². The fourth-order valence-electron chi connectivity index (χ4n) is 5.28. The Hall–Kier alpha value is -3.15. The van der Waals surface area contributed by atoms with Crippen LogP contribution in [0.2, 0.25) is 0 Å². The van der Waals surface area contributed by atoms with Crippen LogP contribution < -0.4 is 5.32 Å². The SMILES string of the molecule is Cc1cc(Nc2ccnc3c2CCC3(C)O)ccc1CCCc1c[nH]c2c(C(C)O)cccc12. The van der Waals surface area contributed by atoms with Gasteiger partial charge < -0.3 is 20.5 Å². The third kappa shape index (κ3) is 4.22. The first kappa shape index (κ1) is 22.6. The summed E-state index contributed by atoms with van der Waals surface area (Å²) in [6.45, 7) is 5.82. The van der Waals surface area contributed by atoms with Crippen molar-refractivity contribution in [2.24, 2.45) is 0 Å². The fraction of sp³-hybridized carbons (Fsp3) is 0.345. The predicted molar refractivity (Wildman–Crippen MR) is 138 cm³/mol. The Morgan fingerprint density at radius 2 is 1.97 bits per heavy atom. The fourth-order valence-corrected chi connectivity index (χ4v) is 5.28. The summed E-state index contributed by atoms with van der Waals surface area (Å²) >= 11 is 0. The zero-order chi connectivity index (χ0) is 23.9. The highest BCUT2D eigenvalue weighted by Crippen LogP contribution is 2.39. The minimum Gasteiger partial charge on any atom is -0.389 e. The van der Waals surface area contributed by atoms with Crippen LogP contribution in [-0.4, -0.2) is 20.2 Å². The number of para-hydroxylation sites is 1. The lowest BCUT2D eigenvalue weighted by Gasteiger charge is -2.17. The zero-order valence-electron chi connectivity index (χ0n) is 20.2. The smallest absolute Gasteiger partial charge is 0.104 e. The van der Waals surface area contributed by atoms with Crippen LogP contribution in [0.1, 0.15) is 66.3 Å². The van der Waals surface area contributed by atoms with E-state index >= 15 is 0 Å². The molecule has 0 radical (unpaired) electrons. The molecule has 4 aromatic rings. The number of nitrogens with one attached hydrogen (secondary N) is 2. The van der Waals surface area contributed by atoms with E-state index in [0.717, 1.165) is 59.4 Å². The summed E-state index contributed by atoms with van der Waals surface area (Å²) in [5.74, 6) is 0. The van der Waals surface area contributed by atoms with Crippen molar-refractivity contribution in [2.75, 3.05) is 5.32 Å². The van der Waals surface area contributed by atoms with Gasteiger partial charge in [-0.3, -0.25) is 4.98 Å².